The SMILES string of the molecule is CC(NCCc1cccs1)c1ccccc1N1CCN(C(=O)[C@H](Cc2ccc(Cl)cc2)NC(=O)[C@H]2Cc3ccccc3CN2)CC1. The largest absolute Gasteiger partial charge is 0.368 e. The van der Waals surface area contributed by atoms with Gasteiger partial charge in [0.15, 0.2) is 0 Å². The number of piperazine rings is 1. The van der Waals surface area contributed by atoms with E-state index < -0.39 is 6.04 Å². The third-order valence-electron chi connectivity index (χ3n) is 9.10. The predicted octanol–water partition coefficient (Wildman–Crippen LogP) is 5.39. The molecule has 0 aliphatic carbocycles. The Bertz CT molecular complexity index is 1600. The van der Waals surface area contributed by atoms with Crippen LogP contribution in [0.4, 0.5) is 5.69 Å². The number of hydrogen-bond acceptors (Lipinski definition) is 6. The fourth-order valence-corrected chi connectivity index (χ4v) is 7.31. The van der Waals surface area contributed by atoms with Gasteiger partial charge in [-0.1, -0.05) is 72.3 Å². The van der Waals surface area contributed by atoms with Gasteiger partial charge in [-0.2, -0.15) is 0 Å². The lowest BCUT2D eigenvalue weighted by atomic mass is 9.95. The molecule has 2 amide bonds. The Morgan fingerprint density at radius 3 is 2.43 bits per heavy atom. The zero-order chi connectivity index (χ0) is 31.9. The second-order valence-corrected chi connectivity index (χ2v) is 13.6. The molecule has 9 heteroatoms. The van der Waals surface area contributed by atoms with Crippen molar-refractivity contribution in [2.75, 3.05) is 37.6 Å². The Labute approximate surface area is 281 Å². The number of amides is 2. The number of hydrogen-bond donors (Lipinski definition) is 3. The molecule has 0 saturated carbocycles. The average Bonchev–Trinajstić information content (AvgIpc) is 3.62. The molecule has 2 aliphatic heterocycles. The topological polar surface area (TPSA) is 76.7 Å². The minimum Gasteiger partial charge on any atom is -0.368 e. The molecule has 3 atom stereocenters. The number of carbonyl (C=O) groups is 2. The molecule has 0 spiro atoms. The molecule has 0 radical (unpaired) electrons. The summed E-state index contributed by atoms with van der Waals surface area (Å²) in [5.74, 6) is -0.189. The summed E-state index contributed by atoms with van der Waals surface area (Å²) in [7, 11) is 0. The first-order valence-electron chi connectivity index (χ1n) is 16.2. The second-order valence-electron chi connectivity index (χ2n) is 12.2. The predicted molar refractivity (Wildman–Crippen MR) is 188 cm³/mol. The number of carbonyl (C=O) groups excluding carboxylic acids is 2. The molecule has 7 nitrogen and oxygen atoms in total. The van der Waals surface area contributed by atoms with Crippen molar-refractivity contribution in [2.24, 2.45) is 0 Å². The van der Waals surface area contributed by atoms with E-state index in [0.29, 0.717) is 37.5 Å². The number of fused-ring (bicyclic) bond motifs is 1. The molecule has 240 valence electrons. The van der Waals surface area contributed by atoms with Gasteiger partial charge in [0.1, 0.15) is 6.04 Å². The smallest absolute Gasteiger partial charge is 0.245 e. The van der Waals surface area contributed by atoms with Crippen LogP contribution in [0.3, 0.4) is 0 Å². The van der Waals surface area contributed by atoms with Crippen molar-refractivity contribution >= 4 is 40.4 Å². The summed E-state index contributed by atoms with van der Waals surface area (Å²) in [5.41, 5.74) is 5.81. The number of rotatable bonds is 11. The van der Waals surface area contributed by atoms with Crippen molar-refractivity contribution in [3.05, 3.63) is 122 Å². The van der Waals surface area contributed by atoms with Crippen molar-refractivity contribution < 1.29 is 9.59 Å². The van der Waals surface area contributed by atoms with E-state index in [1.165, 1.54) is 27.3 Å². The van der Waals surface area contributed by atoms with Crippen LogP contribution >= 0.6 is 22.9 Å². The van der Waals surface area contributed by atoms with Gasteiger partial charge in [-0.15, -0.1) is 11.3 Å². The Balaban J connectivity index is 1.10. The van der Waals surface area contributed by atoms with Crippen LogP contribution in [0.2, 0.25) is 5.02 Å². The van der Waals surface area contributed by atoms with E-state index in [1.54, 1.807) is 11.3 Å². The second kappa shape index (κ2) is 15.3. The van der Waals surface area contributed by atoms with Crippen molar-refractivity contribution in [1.29, 1.82) is 0 Å². The van der Waals surface area contributed by atoms with Gasteiger partial charge in [0.2, 0.25) is 11.8 Å². The average molecular weight is 656 g/mol. The van der Waals surface area contributed by atoms with Crippen molar-refractivity contribution in [2.45, 2.75) is 50.9 Å². The molecule has 1 unspecified atom stereocenters. The number of thiophene rings is 1. The van der Waals surface area contributed by atoms with Gasteiger partial charge in [-0.3, -0.25) is 9.59 Å². The Morgan fingerprint density at radius 2 is 1.67 bits per heavy atom. The number of halogens is 1. The minimum atomic E-state index is -0.668. The van der Waals surface area contributed by atoms with Gasteiger partial charge in [-0.05, 0) is 71.7 Å². The number of nitrogens with one attached hydrogen (secondary N) is 3. The maximum absolute atomic E-state index is 14.1. The number of para-hydroxylation sites is 1. The first kappa shape index (κ1) is 32.3. The highest BCUT2D eigenvalue weighted by molar-refractivity contribution is 7.09. The molecule has 46 heavy (non-hydrogen) atoms. The summed E-state index contributed by atoms with van der Waals surface area (Å²) in [6.45, 7) is 6.42. The third kappa shape index (κ3) is 7.99. The summed E-state index contributed by atoms with van der Waals surface area (Å²) < 4.78 is 0. The lowest BCUT2D eigenvalue weighted by Gasteiger charge is -2.39. The lowest BCUT2D eigenvalue weighted by Crippen LogP contribution is -2.58. The fraction of sp³-hybridized carbons (Fsp3) is 0.351. The number of benzene rings is 3. The summed E-state index contributed by atoms with van der Waals surface area (Å²) >= 11 is 7.94. The van der Waals surface area contributed by atoms with Gasteiger partial charge < -0.3 is 25.8 Å². The van der Waals surface area contributed by atoms with Crippen LogP contribution in [-0.2, 0) is 35.4 Å². The Hall–Kier alpha value is -3.69. The number of nitrogens with zero attached hydrogens (tertiary/aromatic N) is 2. The highest BCUT2D eigenvalue weighted by Gasteiger charge is 2.32. The van der Waals surface area contributed by atoms with Crippen molar-refractivity contribution in [1.82, 2.24) is 20.9 Å². The Morgan fingerprint density at radius 1 is 0.935 bits per heavy atom. The van der Waals surface area contributed by atoms with Crippen LogP contribution in [0.25, 0.3) is 0 Å². The maximum Gasteiger partial charge on any atom is 0.245 e. The van der Waals surface area contributed by atoms with Crippen molar-refractivity contribution in [3.8, 4) is 0 Å². The first-order chi connectivity index (χ1) is 22.4. The van der Waals surface area contributed by atoms with Crippen LogP contribution in [0.1, 0.15) is 40.1 Å². The molecule has 1 fully saturated rings. The molecule has 1 aromatic heterocycles. The highest BCUT2D eigenvalue weighted by Crippen LogP contribution is 2.28. The molecular weight excluding hydrogens is 614 g/mol. The molecule has 3 N–H and O–H groups in total. The quantitative estimate of drug-likeness (QED) is 0.202. The summed E-state index contributed by atoms with van der Waals surface area (Å²) in [6.07, 6.45) is 2.02. The zero-order valence-corrected chi connectivity index (χ0v) is 27.8. The monoisotopic (exact) mass is 655 g/mol. The van der Waals surface area contributed by atoms with Crippen molar-refractivity contribution in [3.63, 3.8) is 0 Å². The van der Waals surface area contributed by atoms with Crippen LogP contribution in [-0.4, -0.2) is 61.5 Å². The van der Waals surface area contributed by atoms with E-state index in [2.05, 4.69) is 81.7 Å². The van der Waals surface area contributed by atoms with Gasteiger partial charge >= 0.3 is 0 Å². The zero-order valence-electron chi connectivity index (χ0n) is 26.3. The third-order valence-corrected chi connectivity index (χ3v) is 10.3. The standard InChI is InChI=1S/C37H42ClN5O2S/c1-26(39-17-16-31-9-6-22-46-31)32-10-4-5-11-35(32)42-18-20-43(21-19-42)37(45)34(23-27-12-14-30(38)15-13-27)41-36(44)33-24-28-7-2-3-8-29(28)25-40-33/h2-15,22,26,33-34,39-40H,16-21,23-25H2,1H3,(H,41,44)/t26?,33-,34+/m1/s1. The van der Waals surface area contributed by atoms with Crippen LogP contribution in [0, 0.1) is 0 Å². The highest BCUT2D eigenvalue weighted by atomic mass is 35.5. The van der Waals surface area contributed by atoms with Crippen LogP contribution in [0.5, 0.6) is 0 Å². The molecule has 3 heterocycles. The van der Waals surface area contributed by atoms with Gasteiger partial charge in [0.05, 0.1) is 6.04 Å². The summed E-state index contributed by atoms with van der Waals surface area (Å²) in [5, 5.41) is 13.0. The van der Waals surface area contributed by atoms with E-state index in [-0.39, 0.29) is 23.9 Å². The molecular formula is C37H42ClN5O2S. The minimum absolute atomic E-state index is 0.0453. The van der Waals surface area contributed by atoms with E-state index in [1.807, 2.05) is 41.3 Å². The maximum atomic E-state index is 14.1. The van der Waals surface area contributed by atoms with E-state index in [4.69, 9.17) is 11.6 Å². The summed E-state index contributed by atoms with van der Waals surface area (Å²) in [6, 6.07) is 27.7. The molecule has 3 aromatic carbocycles. The van der Waals surface area contributed by atoms with Crippen LogP contribution < -0.4 is 20.9 Å². The normalized spacial score (nSPS) is 17.7. The van der Waals surface area contributed by atoms with E-state index >= 15 is 0 Å². The fourth-order valence-electron chi connectivity index (χ4n) is 6.47. The molecule has 6 rings (SSSR count). The molecule has 0 bridgehead atoms. The summed E-state index contributed by atoms with van der Waals surface area (Å²) in [4.78, 5) is 33.3. The van der Waals surface area contributed by atoms with Gasteiger partial charge in [0.25, 0.3) is 0 Å². The molecule has 1 saturated heterocycles. The Kier molecular flexibility index (Phi) is 10.7. The van der Waals surface area contributed by atoms with Crippen LogP contribution in [0.15, 0.2) is 90.3 Å². The number of anilines is 1. The van der Waals surface area contributed by atoms with Gasteiger partial charge in [-0.25, -0.2) is 0 Å². The van der Waals surface area contributed by atoms with Gasteiger partial charge in [0, 0.05) is 67.3 Å². The van der Waals surface area contributed by atoms with E-state index in [9.17, 15) is 9.59 Å². The lowest BCUT2D eigenvalue weighted by molar-refractivity contribution is -0.137. The molecule has 2 aliphatic rings. The first-order valence-corrected chi connectivity index (χ1v) is 17.4. The molecule has 4 aromatic rings. The van der Waals surface area contributed by atoms with E-state index in [0.717, 1.165) is 31.6 Å².